The molecule has 0 unspecified atom stereocenters. The van der Waals surface area contributed by atoms with Crippen molar-refractivity contribution >= 4 is 56.4 Å². The van der Waals surface area contributed by atoms with Crippen molar-refractivity contribution in [3.63, 3.8) is 0 Å². The molecule has 1 fully saturated rings. The molecule has 3 rings (SSSR count). The number of anilines is 1. The zero-order chi connectivity index (χ0) is 19.6. The second-order valence-corrected chi connectivity index (χ2v) is 9.44. The fourth-order valence-electron chi connectivity index (χ4n) is 2.93. The van der Waals surface area contributed by atoms with Gasteiger partial charge in [0, 0.05) is 29.7 Å². The molecule has 27 heavy (non-hydrogen) atoms. The molecule has 0 spiro atoms. The summed E-state index contributed by atoms with van der Waals surface area (Å²) >= 11 is 17.6. The SMILES string of the molecule is O=C(Nc1ccc(Cl)c(Cl)c1)C1CCN(S(=O)(=O)c2ccc(Cl)cc2)CC1. The Morgan fingerprint density at radius 3 is 2.19 bits per heavy atom. The average molecular weight is 448 g/mol. The summed E-state index contributed by atoms with van der Waals surface area (Å²) in [5.74, 6) is -0.423. The lowest BCUT2D eigenvalue weighted by Gasteiger charge is -2.30. The summed E-state index contributed by atoms with van der Waals surface area (Å²) < 4.78 is 26.8. The Kier molecular flexibility index (Phi) is 6.33. The zero-order valence-electron chi connectivity index (χ0n) is 14.2. The van der Waals surface area contributed by atoms with E-state index in [1.165, 1.54) is 16.4 Å². The molecule has 0 saturated carbocycles. The first-order valence-electron chi connectivity index (χ1n) is 8.29. The summed E-state index contributed by atoms with van der Waals surface area (Å²) in [6.45, 7) is 0.564. The third kappa shape index (κ3) is 4.76. The van der Waals surface area contributed by atoms with Crippen LogP contribution in [0.5, 0.6) is 0 Å². The molecule has 1 heterocycles. The van der Waals surface area contributed by atoms with Gasteiger partial charge in [0.2, 0.25) is 15.9 Å². The maximum Gasteiger partial charge on any atom is 0.243 e. The van der Waals surface area contributed by atoms with Crippen LogP contribution in [-0.2, 0) is 14.8 Å². The molecule has 0 aliphatic carbocycles. The lowest BCUT2D eigenvalue weighted by Crippen LogP contribution is -2.41. The van der Waals surface area contributed by atoms with Gasteiger partial charge >= 0.3 is 0 Å². The molecule has 0 radical (unpaired) electrons. The number of nitrogens with one attached hydrogen (secondary N) is 1. The fraction of sp³-hybridized carbons (Fsp3) is 0.278. The van der Waals surface area contributed by atoms with Crippen LogP contribution in [0.4, 0.5) is 5.69 Å². The highest BCUT2D eigenvalue weighted by atomic mass is 35.5. The molecule has 5 nitrogen and oxygen atoms in total. The number of hydrogen-bond acceptors (Lipinski definition) is 3. The summed E-state index contributed by atoms with van der Waals surface area (Å²) in [7, 11) is -3.59. The average Bonchev–Trinajstić information content (AvgIpc) is 2.65. The first-order chi connectivity index (χ1) is 12.8. The van der Waals surface area contributed by atoms with Crippen molar-refractivity contribution in [2.75, 3.05) is 18.4 Å². The quantitative estimate of drug-likeness (QED) is 0.739. The van der Waals surface area contributed by atoms with Gasteiger partial charge in [0.05, 0.1) is 14.9 Å². The highest BCUT2D eigenvalue weighted by Gasteiger charge is 2.32. The number of nitrogens with zero attached hydrogens (tertiary/aromatic N) is 1. The van der Waals surface area contributed by atoms with E-state index in [0.717, 1.165) is 0 Å². The molecule has 0 atom stereocenters. The van der Waals surface area contributed by atoms with Gasteiger partial charge in [0.1, 0.15) is 0 Å². The van der Waals surface area contributed by atoms with E-state index in [-0.39, 0.29) is 29.8 Å². The predicted molar refractivity (Wildman–Crippen MR) is 108 cm³/mol. The molecule has 1 aliphatic rings. The van der Waals surface area contributed by atoms with Crippen molar-refractivity contribution in [3.05, 3.63) is 57.5 Å². The summed E-state index contributed by atoms with van der Waals surface area (Å²) in [6.07, 6.45) is 0.889. The van der Waals surface area contributed by atoms with Gasteiger partial charge in [-0.2, -0.15) is 4.31 Å². The Balaban J connectivity index is 1.61. The van der Waals surface area contributed by atoms with Crippen molar-refractivity contribution in [1.82, 2.24) is 4.31 Å². The van der Waals surface area contributed by atoms with Crippen LogP contribution in [0.1, 0.15) is 12.8 Å². The molecule has 0 bridgehead atoms. The van der Waals surface area contributed by atoms with Crippen LogP contribution in [-0.4, -0.2) is 31.7 Å². The smallest absolute Gasteiger partial charge is 0.243 e. The van der Waals surface area contributed by atoms with Gasteiger partial charge in [-0.05, 0) is 55.3 Å². The molecular weight excluding hydrogens is 431 g/mol. The van der Waals surface area contributed by atoms with Gasteiger partial charge < -0.3 is 5.32 Å². The minimum atomic E-state index is -3.59. The van der Waals surface area contributed by atoms with Crippen molar-refractivity contribution in [2.24, 2.45) is 5.92 Å². The van der Waals surface area contributed by atoms with Gasteiger partial charge in [0.15, 0.2) is 0 Å². The summed E-state index contributed by atoms with van der Waals surface area (Å²) in [5, 5.41) is 4.06. The first kappa shape index (κ1) is 20.4. The van der Waals surface area contributed by atoms with Crippen LogP contribution in [0.2, 0.25) is 15.1 Å². The van der Waals surface area contributed by atoms with Gasteiger partial charge in [-0.15, -0.1) is 0 Å². The second kappa shape index (κ2) is 8.37. The highest BCUT2D eigenvalue weighted by molar-refractivity contribution is 7.89. The van der Waals surface area contributed by atoms with Crippen molar-refractivity contribution in [3.8, 4) is 0 Å². The lowest BCUT2D eigenvalue weighted by atomic mass is 9.97. The van der Waals surface area contributed by atoms with Gasteiger partial charge in [-0.25, -0.2) is 8.42 Å². The molecule has 0 aromatic heterocycles. The van der Waals surface area contributed by atoms with E-state index in [1.807, 2.05) is 0 Å². The lowest BCUT2D eigenvalue weighted by molar-refractivity contribution is -0.120. The minimum Gasteiger partial charge on any atom is -0.326 e. The largest absolute Gasteiger partial charge is 0.326 e. The van der Waals surface area contributed by atoms with E-state index in [4.69, 9.17) is 34.8 Å². The molecule has 1 aliphatic heterocycles. The Morgan fingerprint density at radius 2 is 1.59 bits per heavy atom. The Bertz CT molecular complexity index is 941. The molecule has 144 valence electrons. The number of rotatable bonds is 4. The maximum absolute atomic E-state index is 12.7. The number of benzene rings is 2. The molecule has 1 amide bonds. The third-order valence-corrected chi connectivity index (χ3v) is 7.37. The molecular formula is C18H17Cl3N2O3S. The van der Waals surface area contributed by atoms with Crippen molar-refractivity contribution < 1.29 is 13.2 Å². The van der Waals surface area contributed by atoms with E-state index in [0.29, 0.717) is 33.6 Å². The topological polar surface area (TPSA) is 66.5 Å². The summed E-state index contributed by atoms with van der Waals surface area (Å²) in [5.41, 5.74) is 0.561. The van der Waals surface area contributed by atoms with Crippen LogP contribution >= 0.6 is 34.8 Å². The number of piperidine rings is 1. The fourth-order valence-corrected chi connectivity index (χ4v) is 4.83. The van der Waals surface area contributed by atoms with E-state index in [1.54, 1.807) is 30.3 Å². The number of hydrogen-bond donors (Lipinski definition) is 1. The molecule has 1 saturated heterocycles. The van der Waals surface area contributed by atoms with Crippen molar-refractivity contribution in [2.45, 2.75) is 17.7 Å². The number of halogens is 3. The normalized spacial score (nSPS) is 16.3. The number of sulfonamides is 1. The van der Waals surface area contributed by atoms with E-state index in [2.05, 4.69) is 5.32 Å². The van der Waals surface area contributed by atoms with Gasteiger partial charge in [0.25, 0.3) is 0 Å². The summed E-state index contributed by atoms with van der Waals surface area (Å²) in [4.78, 5) is 12.7. The standard InChI is InChI=1S/C18H17Cl3N2O3S/c19-13-1-4-15(5-2-13)27(25,26)23-9-7-12(8-10-23)18(24)22-14-3-6-16(20)17(21)11-14/h1-6,11-12H,7-10H2,(H,22,24). The van der Waals surface area contributed by atoms with Gasteiger partial charge in [-0.3, -0.25) is 4.79 Å². The third-order valence-electron chi connectivity index (χ3n) is 4.46. The van der Waals surface area contributed by atoms with E-state index >= 15 is 0 Å². The maximum atomic E-state index is 12.7. The highest BCUT2D eigenvalue weighted by Crippen LogP contribution is 2.28. The first-order valence-corrected chi connectivity index (χ1v) is 10.9. The molecule has 2 aromatic carbocycles. The van der Waals surface area contributed by atoms with Crippen LogP contribution in [0.3, 0.4) is 0 Å². The van der Waals surface area contributed by atoms with Crippen LogP contribution in [0, 0.1) is 5.92 Å². The number of amides is 1. The Labute approximate surface area is 173 Å². The molecule has 2 aromatic rings. The zero-order valence-corrected chi connectivity index (χ0v) is 17.2. The minimum absolute atomic E-state index is 0.156. The van der Waals surface area contributed by atoms with E-state index in [9.17, 15) is 13.2 Å². The van der Waals surface area contributed by atoms with Gasteiger partial charge in [-0.1, -0.05) is 34.8 Å². The van der Waals surface area contributed by atoms with E-state index < -0.39 is 10.0 Å². The van der Waals surface area contributed by atoms with Crippen LogP contribution in [0.15, 0.2) is 47.4 Å². The Morgan fingerprint density at radius 1 is 0.963 bits per heavy atom. The van der Waals surface area contributed by atoms with Crippen LogP contribution < -0.4 is 5.32 Å². The summed E-state index contributed by atoms with van der Waals surface area (Å²) in [6, 6.07) is 10.9. The van der Waals surface area contributed by atoms with Crippen molar-refractivity contribution in [1.29, 1.82) is 0 Å². The van der Waals surface area contributed by atoms with Crippen LogP contribution in [0.25, 0.3) is 0 Å². The number of carbonyl (C=O) groups is 1. The Hall–Kier alpha value is -1.31. The molecule has 1 N–H and O–H groups in total. The predicted octanol–water partition coefficient (Wildman–Crippen LogP) is 4.69. The molecule has 9 heteroatoms. The number of carbonyl (C=O) groups excluding carboxylic acids is 1. The monoisotopic (exact) mass is 446 g/mol. The second-order valence-electron chi connectivity index (χ2n) is 6.25.